The van der Waals surface area contributed by atoms with Crippen LogP contribution in [0, 0.1) is 0 Å². The van der Waals surface area contributed by atoms with Crippen LogP contribution < -0.4 is 16.6 Å². The van der Waals surface area contributed by atoms with Gasteiger partial charge in [0.15, 0.2) is 9.50 Å². The van der Waals surface area contributed by atoms with Crippen LogP contribution in [-0.4, -0.2) is 38.1 Å². The minimum atomic E-state index is -0.353. The molecule has 2 rings (SSSR count). The van der Waals surface area contributed by atoms with Gasteiger partial charge in [0.2, 0.25) is 11.0 Å². The van der Waals surface area contributed by atoms with Gasteiger partial charge in [-0.3, -0.25) is 14.9 Å². The number of rotatable bonds is 5. The average Bonchev–Trinajstić information content (AvgIpc) is 2.83. The highest BCUT2D eigenvalue weighted by molar-refractivity contribution is 8.00. The van der Waals surface area contributed by atoms with Crippen molar-refractivity contribution in [1.29, 1.82) is 0 Å². The Labute approximate surface area is 126 Å². The van der Waals surface area contributed by atoms with Gasteiger partial charge < -0.3 is 10.7 Å². The monoisotopic (exact) mass is 330 g/mol. The first-order valence-electron chi connectivity index (χ1n) is 5.24. The highest BCUT2D eigenvalue weighted by atomic mass is 32.2. The van der Waals surface area contributed by atoms with E-state index in [2.05, 4.69) is 25.5 Å². The van der Waals surface area contributed by atoms with Crippen LogP contribution in [0.4, 0.5) is 10.9 Å². The van der Waals surface area contributed by atoms with E-state index in [1.54, 1.807) is 0 Å². The first-order chi connectivity index (χ1) is 9.56. The summed E-state index contributed by atoms with van der Waals surface area (Å²) in [5, 5.41) is 11.0. The molecule has 20 heavy (non-hydrogen) atoms. The molecule has 0 saturated heterocycles. The van der Waals surface area contributed by atoms with E-state index in [1.165, 1.54) is 29.2 Å². The van der Waals surface area contributed by atoms with Crippen molar-refractivity contribution in [1.82, 2.24) is 20.2 Å². The van der Waals surface area contributed by atoms with Crippen LogP contribution >= 0.6 is 34.9 Å². The number of nitrogens with one attached hydrogen (secondary N) is 2. The lowest BCUT2D eigenvalue weighted by molar-refractivity contribution is -0.113. The molecular formula is C9H10N6O2S3. The molecule has 2 aromatic rings. The molecule has 11 heteroatoms. The van der Waals surface area contributed by atoms with Crippen molar-refractivity contribution in [2.24, 2.45) is 0 Å². The van der Waals surface area contributed by atoms with E-state index in [0.29, 0.717) is 10.3 Å². The van der Waals surface area contributed by atoms with Gasteiger partial charge in [0, 0.05) is 6.07 Å². The van der Waals surface area contributed by atoms with Crippen molar-refractivity contribution in [3.8, 4) is 0 Å². The van der Waals surface area contributed by atoms with E-state index in [0.717, 1.165) is 16.1 Å². The van der Waals surface area contributed by atoms with Crippen molar-refractivity contribution in [2.45, 2.75) is 9.50 Å². The van der Waals surface area contributed by atoms with Gasteiger partial charge in [-0.25, -0.2) is 4.98 Å². The Morgan fingerprint density at radius 3 is 3.00 bits per heavy atom. The largest absolute Gasteiger partial charge is 0.383 e. The number of thioether (sulfide) groups is 2. The van der Waals surface area contributed by atoms with Gasteiger partial charge in [-0.15, -0.1) is 10.2 Å². The molecule has 2 aromatic heterocycles. The van der Waals surface area contributed by atoms with Crippen LogP contribution in [0.25, 0.3) is 0 Å². The number of nitrogens with zero attached hydrogens (tertiary/aromatic N) is 3. The fourth-order valence-electron chi connectivity index (χ4n) is 1.15. The van der Waals surface area contributed by atoms with E-state index < -0.39 is 0 Å². The summed E-state index contributed by atoms with van der Waals surface area (Å²) < 4.78 is 0.773. The van der Waals surface area contributed by atoms with Gasteiger partial charge in [-0.05, 0) is 6.26 Å². The van der Waals surface area contributed by atoms with Crippen molar-refractivity contribution in [3.05, 3.63) is 16.4 Å². The Kier molecular flexibility index (Phi) is 4.98. The van der Waals surface area contributed by atoms with E-state index >= 15 is 0 Å². The van der Waals surface area contributed by atoms with Crippen LogP contribution in [0.5, 0.6) is 0 Å². The summed E-state index contributed by atoms with van der Waals surface area (Å²) in [4.78, 5) is 29.3. The van der Waals surface area contributed by atoms with Gasteiger partial charge in [0.1, 0.15) is 5.82 Å². The molecule has 0 aliphatic heterocycles. The van der Waals surface area contributed by atoms with Gasteiger partial charge in [-0.1, -0.05) is 34.9 Å². The fourth-order valence-corrected chi connectivity index (χ4v) is 3.02. The van der Waals surface area contributed by atoms with Crippen LogP contribution in [0.2, 0.25) is 0 Å². The number of carbonyl (C=O) groups excluding carboxylic acids is 1. The fraction of sp³-hybridized carbons (Fsp3) is 0.222. The number of hydrogen-bond donors (Lipinski definition) is 3. The number of anilines is 2. The summed E-state index contributed by atoms with van der Waals surface area (Å²) in [6.45, 7) is 0. The van der Waals surface area contributed by atoms with E-state index in [4.69, 9.17) is 5.73 Å². The second-order valence-electron chi connectivity index (χ2n) is 3.39. The summed E-state index contributed by atoms with van der Waals surface area (Å²) in [7, 11) is 0. The van der Waals surface area contributed by atoms with Crippen molar-refractivity contribution < 1.29 is 4.79 Å². The number of aromatic nitrogens is 4. The molecule has 0 saturated carbocycles. The number of hydrogen-bond acceptors (Lipinski definition) is 9. The summed E-state index contributed by atoms with van der Waals surface area (Å²) in [6.07, 6.45) is 1.88. The Morgan fingerprint density at radius 1 is 1.55 bits per heavy atom. The van der Waals surface area contributed by atoms with Crippen LogP contribution in [-0.2, 0) is 4.79 Å². The van der Waals surface area contributed by atoms with Crippen molar-refractivity contribution >= 4 is 51.7 Å². The molecule has 0 unspecified atom stereocenters. The second-order valence-corrected chi connectivity index (χ2v) is 6.38. The predicted molar refractivity (Wildman–Crippen MR) is 80.3 cm³/mol. The van der Waals surface area contributed by atoms with Gasteiger partial charge >= 0.3 is 0 Å². The second kappa shape index (κ2) is 6.72. The summed E-state index contributed by atoms with van der Waals surface area (Å²) in [6, 6.07) is 1.18. The quantitative estimate of drug-likeness (QED) is 0.414. The molecule has 2 heterocycles. The van der Waals surface area contributed by atoms with Crippen molar-refractivity contribution in [2.75, 3.05) is 23.1 Å². The Hall–Kier alpha value is -1.59. The molecular weight excluding hydrogens is 320 g/mol. The number of carbonyl (C=O) groups is 1. The number of nitrogens with two attached hydrogens (primary N) is 1. The van der Waals surface area contributed by atoms with E-state index in [9.17, 15) is 9.59 Å². The number of H-pyrrole nitrogens is 1. The number of nitrogen functional groups attached to an aromatic ring is 1. The topological polar surface area (TPSA) is 127 Å². The Bertz CT molecular complexity index is 670. The van der Waals surface area contributed by atoms with Gasteiger partial charge in [0.05, 0.1) is 5.75 Å². The first-order valence-corrected chi connectivity index (χ1v) is 8.26. The third-order valence-corrected chi connectivity index (χ3v) is 4.59. The third-order valence-electron chi connectivity index (χ3n) is 1.91. The molecule has 1 amide bonds. The average molecular weight is 330 g/mol. The molecule has 0 fully saturated rings. The lowest BCUT2D eigenvalue weighted by Gasteiger charge is -2.01. The summed E-state index contributed by atoms with van der Waals surface area (Å²) in [5.41, 5.74) is 5.09. The number of aromatic amines is 1. The maximum atomic E-state index is 11.7. The molecule has 8 nitrogen and oxygen atoms in total. The molecule has 0 aromatic carbocycles. The highest BCUT2D eigenvalue weighted by Crippen LogP contribution is 2.23. The maximum Gasteiger partial charge on any atom is 0.253 e. The molecule has 0 radical (unpaired) electrons. The van der Waals surface area contributed by atoms with Crippen molar-refractivity contribution in [3.63, 3.8) is 0 Å². The standard InChI is InChI=1S/C9H10N6O2S3/c1-18-9-15-14-8(20-9)13-6(17)3-19-7-11-4(10)2-5(16)12-7/h2H,3H2,1H3,(H,13,14,17)(H3,10,11,12,16). The lowest BCUT2D eigenvalue weighted by atomic mass is 10.6. The Morgan fingerprint density at radius 2 is 2.35 bits per heavy atom. The zero-order valence-corrected chi connectivity index (χ0v) is 12.7. The maximum absolute atomic E-state index is 11.7. The lowest BCUT2D eigenvalue weighted by Crippen LogP contribution is -2.15. The zero-order chi connectivity index (χ0) is 14.5. The zero-order valence-electron chi connectivity index (χ0n) is 10.2. The summed E-state index contributed by atoms with van der Waals surface area (Å²) >= 11 is 3.83. The molecule has 0 bridgehead atoms. The minimum absolute atomic E-state index is 0.0839. The molecule has 106 valence electrons. The molecule has 4 N–H and O–H groups in total. The van der Waals surface area contributed by atoms with Gasteiger partial charge in [-0.2, -0.15) is 0 Å². The smallest absolute Gasteiger partial charge is 0.253 e. The predicted octanol–water partition coefficient (Wildman–Crippen LogP) is 0.656. The normalized spacial score (nSPS) is 10.4. The minimum Gasteiger partial charge on any atom is -0.383 e. The molecule has 0 aliphatic rings. The molecule has 0 aliphatic carbocycles. The van der Waals surface area contributed by atoms with Crippen LogP contribution in [0.1, 0.15) is 0 Å². The van der Waals surface area contributed by atoms with E-state index in [1.807, 2.05) is 6.26 Å². The SMILES string of the molecule is CSc1nnc(NC(=O)CSc2nc(N)cc(=O)[nH]2)s1. The van der Waals surface area contributed by atoms with Gasteiger partial charge in [0.25, 0.3) is 5.56 Å². The molecule has 0 atom stereocenters. The third kappa shape index (κ3) is 4.21. The Balaban J connectivity index is 1.90. The van der Waals surface area contributed by atoms with Crippen LogP contribution in [0.15, 0.2) is 20.4 Å². The molecule has 0 spiro atoms. The summed E-state index contributed by atoms with van der Waals surface area (Å²) in [5.74, 6) is -0.0603. The van der Waals surface area contributed by atoms with Crippen LogP contribution in [0.3, 0.4) is 0 Å². The number of amides is 1. The first kappa shape index (κ1) is 14.8. The van der Waals surface area contributed by atoms with E-state index in [-0.39, 0.29) is 23.0 Å². The highest BCUT2D eigenvalue weighted by Gasteiger charge is 2.09.